The highest BCUT2D eigenvalue weighted by Gasteiger charge is 2.35. The van der Waals surface area contributed by atoms with Crippen LogP contribution in [-0.4, -0.2) is 41.2 Å². The molecule has 0 bridgehead atoms. The number of anilines is 1. The van der Waals surface area contributed by atoms with Crippen molar-refractivity contribution in [1.29, 1.82) is 0 Å². The quantitative estimate of drug-likeness (QED) is 0.621. The molecule has 7 nitrogen and oxygen atoms in total. The topological polar surface area (TPSA) is 92.3 Å². The molecule has 1 N–H and O–H groups in total. The fraction of sp³-hybridized carbons (Fsp3) is 0.381. The molecule has 0 aliphatic heterocycles. The largest absolute Gasteiger partial charge is 0.301 e. The van der Waals surface area contributed by atoms with Gasteiger partial charge < -0.3 is 5.32 Å². The molecule has 9 heteroatoms. The van der Waals surface area contributed by atoms with Crippen molar-refractivity contribution in [2.24, 2.45) is 0 Å². The zero-order valence-corrected chi connectivity index (χ0v) is 18.4. The molecule has 0 unspecified atom stereocenters. The summed E-state index contributed by atoms with van der Waals surface area (Å²) < 4.78 is 28.8. The molecule has 0 saturated heterocycles. The Labute approximate surface area is 180 Å². The van der Waals surface area contributed by atoms with E-state index in [0.29, 0.717) is 10.6 Å². The third kappa shape index (κ3) is 4.38. The van der Waals surface area contributed by atoms with Crippen LogP contribution in [0.25, 0.3) is 10.9 Å². The van der Waals surface area contributed by atoms with Crippen molar-refractivity contribution in [3.8, 4) is 0 Å². The summed E-state index contributed by atoms with van der Waals surface area (Å²) in [4.78, 5) is 21.4. The first-order valence-electron chi connectivity index (χ1n) is 10.0. The summed E-state index contributed by atoms with van der Waals surface area (Å²) in [6, 6.07) is 8.54. The molecule has 0 atom stereocenters. The second kappa shape index (κ2) is 8.79. The lowest BCUT2D eigenvalue weighted by molar-refractivity contribution is -0.116. The van der Waals surface area contributed by atoms with E-state index in [4.69, 9.17) is 0 Å². The van der Waals surface area contributed by atoms with Crippen molar-refractivity contribution in [3.05, 3.63) is 47.6 Å². The van der Waals surface area contributed by atoms with Crippen LogP contribution in [-0.2, 0) is 14.8 Å². The van der Waals surface area contributed by atoms with E-state index in [-0.39, 0.29) is 23.4 Å². The van der Waals surface area contributed by atoms with E-state index < -0.39 is 10.0 Å². The summed E-state index contributed by atoms with van der Waals surface area (Å²) in [6.07, 6.45) is 6.09. The number of aryl methyl sites for hydroxylation is 1. The van der Waals surface area contributed by atoms with Gasteiger partial charge in [-0.1, -0.05) is 37.5 Å². The Hall–Kier alpha value is -2.36. The molecular formula is C21H24N4O3S2. The second-order valence-corrected chi connectivity index (χ2v) is 10.2. The number of nitrogens with zero attached hydrogens (tertiary/aromatic N) is 3. The highest BCUT2D eigenvalue weighted by molar-refractivity contribution is 7.89. The molecule has 2 aromatic heterocycles. The Morgan fingerprint density at radius 1 is 1.20 bits per heavy atom. The van der Waals surface area contributed by atoms with E-state index in [1.54, 1.807) is 24.4 Å². The van der Waals surface area contributed by atoms with Gasteiger partial charge in [0.2, 0.25) is 15.9 Å². The van der Waals surface area contributed by atoms with Crippen LogP contribution >= 0.6 is 11.3 Å². The number of aromatic nitrogens is 2. The number of carbonyl (C=O) groups is 1. The van der Waals surface area contributed by atoms with Crippen molar-refractivity contribution in [1.82, 2.24) is 14.3 Å². The fourth-order valence-corrected chi connectivity index (χ4v) is 6.41. The number of amides is 1. The van der Waals surface area contributed by atoms with Crippen molar-refractivity contribution < 1.29 is 13.2 Å². The minimum absolute atomic E-state index is 0.143. The minimum Gasteiger partial charge on any atom is -0.301 e. The van der Waals surface area contributed by atoms with Gasteiger partial charge in [0.25, 0.3) is 0 Å². The van der Waals surface area contributed by atoms with Crippen LogP contribution in [0.3, 0.4) is 0 Å². The summed E-state index contributed by atoms with van der Waals surface area (Å²) in [7, 11) is -3.92. The molecular weight excluding hydrogens is 420 g/mol. The summed E-state index contributed by atoms with van der Waals surface area (Å²) in [5.74, 6) is -0.383. The average Bonchev–Trinajstić information content (AvgIpc) is 3.16. The lowest BCUT2D eigenvalue weighted by Gasteiger charge is -2.33. The smallest absolute Gasteiger partial charge is 0.245 e. The molecule has 0 spiro atoms. The number of hydrogen-bond donors (Lipinski definition) is 1. The Morgan fingerprint density at radius 3 is 2.70 bits per heavy atom. The molecule has 1 amide bonds. The molecule has 158 valence electrons. The number of benzene rings is 1. The summed E-state index contributed by atoms with van der Waals surface area (Å²) in [6.45, 7) is 1.60. The molecule has 30 heavy (non-hydrogen) atoms. The molecule has 1 fully saturated rings. The summed E-state index contributed by atoms with van der Waals surface area (Å²) in [5.41, 5.74) is 1.24. The Kier molecular flexibility index (Phi) is 6.12. The predicted octanol–water partition coefficient (Wildman–Crippen LogP) is 3.96. The van der Waals surface area contributed by atoms with Crippen LogP contribution in [0.4, 0.5) is 5.13 Å². The first kappa shape index (κ1) is 20.9. The van der Waals surface area contributed by atoms with E-state index in [1.165, 1.54) is 15.6 Å². The van der Waals surface area contributed by atoms with Gasteiger partial charge in [-0.25, -0.2) is 13.4 Å². The van der Waals surface area contributed by atoms with Gasteiger partial charge >= 0.3 is 0 Å². The number of sulfonamides is 1. The number of carbonyl (C=O) groups excluding carboxylic acids is 1. The highest BCUT2D eigenvalue weighted by Crippen LogP contribution is 2.30. The van der Waals surface area contributed by atoms with Crippen molar-refractivity contribution in [2.75, 3.05) is 11.9 Å². The van der Waals surface area contributed by atoms with Gasteiger partial charge in [-0.2, -0.15) is 4.31 Å². The molecule has 1 saturated carbocycles. The van der Waals surface area contributed by atoms with Gasteiger partial charge in [0.15, 0.2) is 5.13 Å². The second-order valence-electron chi connectivity index (χ2n) is 7.52. The number of nitrogens with one attached hydrogen (secondary N) is 1. The lowest BCUT2D eigenvalue weighted by atomic mass is 9.95. The van der Waals surface area contributed by atoms with Crippen LogP contribution in [0.2, 0.25) is 0 Å². The molecule has 4 rings (SSSR count). The van der Waals surface area contributed by atoms with Gasteiger partial charge in [-0.3, -0.25) is 9.78 Å². The zero-order chi connectivity index (χ0) is 21.1. The van der Waals surface area contributed by atoms with Crippen LogP contribution in [0.5, 0.6) is 0 Å². The van der Waals surface area contributed by atoms with Gasteiger partial charge in [0.05, 0.1) is 17.8 Å². The maximum absolute atomic E-state index is 13.7. The van der Waals surface area contributed by atoms with E-state index in [2.05, 4.69) is 15.3 Å². The minimum atomic E-state index is -3.92. The molecule has 1 aliphatic rings. The molecule has 1 aliphatic carbocycles. The first-order chi connectivity index (χ1) is 14.4. The maximum atomic E-state index is 13.7. The maximum Gasteiger partial charge on any atom is 0.245 e. The summed E-state index contributed by atoms with van der Waals surface area (Å²) >= 11 is 1.33. The molecule has 1 aromatic carbocycles. The van der Waals surface area contributed by atoms with Crippen molar-refractivity contribution >= 4 is 43.3 Å². The number of para-hydroxylation sites is 1. The van der Waals surface area contributed by atoms with E-state index in [1.807, 2.05) is 24.4 Å². The van der Waals surface area contributed by atoms with Gasteiger partial charge in [-0.15, -0.1) is 11.3 Å². The summed E-state index contributed by atoms with van der Waals surface area (Å²) in [5, 5.41) is 5.81. The monoisotopic (exact) mass is 444 g/mol. The van der Waals surface area contributed by atoms with Crippen molar-refractivity contribution in [2.45, 2.75) is 50.0 Å². The van der Waals surface area contributed by atoms with Crippen LogP contribution in [0.1, 0.15) is 37.8 Å². The van der Waals surface area contributed by atoms with Gasteiger partial charge in [0.1, 0.15) is 4.90 Å². The number of hydrogen-bond acceptors (Lipinski definition) is 6. The number of thiazole rings is 1. The molecule has 0 radical (unpaired) electrons. The Morgan fingerprint density at radius 2 is 1.97 bits per heavy atom. The molecule has 2 heterocycles. The highest BCUT2D eigenvalue weighted by atomic mass is 32.2. The first-order valence-corrected chi connectivity index (χ1v) is 12.3. The number of rotatable bonds is 6. The third-order valence-electron chi connectivity index (χ3n) is 5.33. The van der Waals surface area contributed by atoms with Crippen LogP contribution in [0.15, 0.2) is 46.8 Å². The van der Waals surface area contributed by atoms with Crippen molar-refractivity contribution in [3.63, 3.8) is 0 Å². The standard InChI is InChI=1S/C21H24N4O3S2/c1-15-14-29-21(23-15)24-19(26)13-25(17-9-3-2-4-10-17)30(27,28)18-11-5-7-16-8-6-12-22-20(16)18/h5-8,11-12,14,17H,2-4,9-10,13H2,1H3,(H,23,24,26). The van der Waals surface area contributed by atoms with Crippen LogP contribution in [0, 0.1) is 6.92 Å². The van der Waals surface area contributed by atoms with E-state index in [9.17, 15) is 13.2 Å². The normalized spacial score (nSPS) is 15.5. The fourth-order valence-electron chi connectivity index (χ4n) is 3.90. The number of fused-ring (bicyclic) bond motifs is 1. The molecule has 3 aromatic rings. The van der Waals surface area contributed by atoms with E-state index >= 15 is 0 Å². The predicted molar refractivity (Wildman–Crippen MR) is 118 cm³/mol. The van der Waals surface area contributed by atoms with Gasteiger partial charge in [-0.05, 0) is 31.9 Å². The third-order valence-corrected chi connectivity index (χ3v) is 8.13. The average molecular weight is 445 g/mol. The Balaban J connectivity index is 1.68. The zero-order valence-electron chi connectivity index (χ0n) is 16.7. The number of pyridine rings is 1. The van der Waals surface area contributed by atoms with Gasteiger partial charge in [0, 0.05) is 23.0 Å². The lowest BCUT2D eigenvalue weighted by Crippen LogP contribution is -2.45. The van der Waals surface area contributed by atoms with Crippen LogP contribution < -0.4 is 5.32 Å². The van der Waals surface area contributed by atoms with E-state index in [0.717, 1.165) is 43.2 Å². The Bertz CT molecular complexity index is 1150. The SMILES string of the molecule is Cc1csc(NC(=O)CN(C2CCCCC2)S(=O)(=O)c2cccc3cccnc23)n1.